The van der Waals surface area contributed by atoms with Crippen LogP contribution in [0.15, 0.2) is 12.1 Å². The lowest BCUT2D eigenvalue weighted by Crippen LogP contribution is -2.02. The number of carboxylic acids is 1. The minimum absolute atomic E-state index is 0.186. The van der Waals surface area contributed by atoms with Gasteiger partial charge in [-0.05, 0) is 17.7 Å². The van der Waals surface area contributed by atoms with Crippen molar-refractivity contribution in [1.82, 2.24) is 0 Å². The Morgan fingerprint density at radius 1 is 1.13 bits per heavy atom. The van der Waals surface area contributed by atoms with Gasteiger partial charge in [-0.3, -0.25) is 4.79 Å². The molecule has 0 atom stereocenters. The minimum Gasteiger partial charge on any atom is -0.507 e. The van der Waals surface area contributed by atoms with Gasteiger partial charge in [-0.1, -0.05) is 0 Å². The molecule has 0 saturated carbocycles. The molecule has 0 saturated heterocycles. The third-order valence-corrected chi connectivity index (χ3v) is 2.02. The van der Waals surface area contributed by atoms with E-state index in [4.69, 9.17) is 15.3 Å². The molecule has 5 nitrogen and oxygen atoms in total. The molecule has 1 aromatic carbocycles. The third-order valence-electron chi connectivity index (χ3n) is 2.02. The van der Waals surface area contributed by atoms with Gasteiger partial charge in [0.05, 0.1) is 19.6 Å². The largest absolute Gasteiger partial charge is 0.507 e. The van der Waals surface area contributed by atoms with E-state index >= 15 is 0 Å². The predicted molar refractivity (Wildman–Crippen MR) is 51.3 cm³/mol. The molecule has 0 unspecified atom stereocenters. The van der Waals surface area contributed by atoms with Gasteiger partial charge in [0.15, 0.2) is 0 Å². The van der Waals surface area contributed by atoms with E-state index in [0.717, 1.165) is 0 Å². The van der Waals surface area contributed by atoms with Crippen LogP contribution in [-0.4, -0.2) is 26.4 Å². The normalized spacial score (nSPS) is 10.3. The number of aliphatic carboxylic acids is 1. The highest BCUT2D eigenvalue weighted by Gasteiger charge is 2.10. The SMILES string of the molecule is O=C(O)Cc1cc(CO)c(O)c(CO)c1. The van der Waals surface area contributed by atoms with Gasteiger partial charge in [0.25, 0.3) is 0 Å². The summed E-state index contributed by atoms with van der Waals surface area (Å²) in [6.07, 6.45) is -0.208. The first-order chi connectivity index (χ1) is 7.08. The molecule has 15 heavy (non-hydrogen) atoms. The summed E-state index contributed by atoms with van der Waals surface area (Å²) in [7, 11) is 0. The molecule has 0 fully saturated rings. The summed E-state index contributed by atoms with van der Waals surface area (Å²) < 4.78 is 0. The number of carboxylic acid groups (broad SMARTS) is 1. The van der Waals surface area contributed by atoms with E-state index in [0.29, 0.717) is 5.56 Å². The molecular weight excluding hydrogens is 200 g/mol. The van der Waals surface area contributed by atoms with E-state index in [1.54, 1.807) is 0 Å². The van der Waals surface area contributed by atoms with Crippen LogP contribution in [0.25, 0.3) is 0 Å². The van der Waals surface area contributed by atoms with Crippen LogP contribution < -0.4 is 0 Å². The second-order valence-electron chi connectivity index (χ2n) is 3.15. The highest BCUT2D eigenvalue weighted by atomic mass is 16.4. The average Bonchev–Trinajstić information content (AvgIpc) is 2.19. The highest BCUT2D eigenvalue weighted by Crippen LogP contribution is 2.25. The zero-order valence-corrected chi connectivity index (χ0v) is 7.97. The fourth-order valence-electron chi connectivity index (χ4n) is 1.35. The van der Waals surface area contributed by atoms with Crippen LogP contribution in [0.2, 0.25) is 0 Å². The fourth-order valence-corrected chi connectivity index (χ4v) is 1.35. The van der Waals surface area contributed by atoms with Crippen LogP contribution in [0.5, 0.6) is 5.75 Å². The lowest BCUT2D eigenvalue weighted by atomic mass is 10.0. The van der Waals surface area contributed by atoms with Gasteiger partial charge in [-0.25, -0.2) is 0 Å². The molecule has 0 aliphatic heterocycles. The monoisotopic (exact) mass is 212 g/mol. The maximum absolute atomic E-state index is 10.5. The molecule has 1 rings (SSSR count). The number of hydrogen-bond donors (Lipinski definition) is 4. The van der Waals surface area contributed by atoms with Crippen LogP contribution in [0.4, 0.5) is 0 Å². The van der Waals surface area contributed by atoms with Gasteiger partial charge >= 0.3 is 5.97 Å². The number of hydrogen-bond acceptors (Lipinski definition) is 4. The standard InChI is InChI=1S/C10H12O5/c11-4-7-1-6(3-9(13)14)2-8(5-12)10(7)15/h1-2,11-12,15H,3-5H2,(H,13,14). The van der Waals surface area contributed by atoms with Crippen LogP contribution in [0, 0.1) is 0 Å². The Hall–Kier alpha value is -1.59. The van der Waals surface area contributed by atoms with Crippen molar-refractivity contribution in [2.75, 3.05) is 0 Å². The van der Waals surface area contributed by atoms with Gasteiger partial charge in [0.2, 0.25) is 0 Å². The lowest BCUT2D eigenvalue weighted by molar-refractivity contribution is -0.136. The topological polar surface area (TPSA) is 98.0 Å². The van der Waals surface area contributed by atoms with Gasteiger partial charge < -0.3 is 20.4 Å². The van der Waals surface area contributed by atoms with Crippen LogP contribution >= 0.6 is 0 Å². The van der Waals surface area contributed by atoms with E-state index in [9.17, 15) is 9.90 Å². The molecule has 0 aliphatic rings. The number of carbonyl (C=O) groups is 1. The summed E-state index contributed by atoms with van der Waals surface area (Å²) in [5, 5.41) is 35.9. The van der Waals surface area contributed by atoms with Crippen LogP contribution in [-0.2, 0) is 24.4 Å². The first-order valence-electron chi connectivity index (χ1n) is 4.35. The molecule has 0 aromatic heterocycles. The molecule has 5 heteroatoms. The van der Waals surface area contributed by atoms with Crippen molar-refractivity contribution in [2.24, 2.45) is 0 Å². The number of aromatic hydroxyl groups is 1. The smallest absolute Gasteiger partial charge is 0.307 e. The minimum atomic E-state index is -1.01. The molecule has 0 spiro atoms. The molecule has 0 bridgehead atoms. The van der Waals surface area contributed by atoms with E-state index in [1.807, 2.05) is 0 Å². The summed E-state index contributed by atoms with van der Waals surface area (Å²) in [6, 6.07) is 2.81. The highest BCUT2D eigenvalue weighted by molar-refractivity contribution is 5.70. The summed E-state index contributed by atoms with van der Waals surface area (Å²) in [6.45, 7) is -0.793. The fraction of sp³-hybridized carbons (Fsp3) is 0.300. The lowest BCUT2D eigenvalue weighted by Gasteiger charge is -2.08. The maximum atomic E-state index is 10.5. The molecule has 82 valence electrons. The molecule has 0 radical (unpaired) electrons. The Kier molecular flexibility index (Phi) is 3.65. The van der Waals surface area contributed by atoms with E-state index in [-0.39, 0.29) is 23.3 Å². The quantitative estimate of drug-likeness (QED) is 0.563. The van der Waals surface area contributed by atoms with Crippen molar-refractivity contribution in [2.45, 2.75) is 19.6 Å². The van der Waals surface area contributed by atoms with Gasteiger partial charge in [-0.2, -0.15) is 0 Å². The van der Waals surface area contributed by atoms with E-state index in [1.165, 1.54) is 12.1 Å². The molecule has 1 aromatic rings. The van der Waals surface area contributed by atoms with Crippen molar-refractivity contribution < 1.29 is 25.2 Å². The Balaban J connectivity index is 3.14. The number of aliphatic hydroxyl groups is 2. The van der Waals surface area contributed by atoms with E-state index in [2.05, 4.69) is 0 Å². The number of rotatable bonds is 4. The Morgan fingerprint density at radius 2 is 1.60 bits per heavy atom. The molecule has 0 aliphatic carbocycles. The third kappa shape index (κ3) is 2.68. The number of phenols is 1. The second kappa shape index (κ2) is 4.77. The first-order valence-corrected chi connectivity index (χ1v) is 4.35. The number of aliphatic hydroxyl groups excluding tert-OH is 2. The van der Waals surface area contributed by atoms with E-state index < -0.39 is 19.2 Å². The zero-order valence-electron chi connectivity index (χ0n) is 7.97. The van der Waals surface area contributed by atoms with Crippen LogP contribution in [0.1, 0.15) is 16.7 Å². The van der Waals surface area contributed by atoms with Crippen molar-refractivity contribution in [1.29, 1.82) is 0 Å². The summed E-state index contributed by atoms with van der Waals surface area (Å²) >= 11 is 0. The van der Waals surface area contributed by atoms with Crippen molar-refractivity contribution in [3.63, 3.8) is 0 Å². The molecule has 0 amide bonds. The van der Waals surface area contributed by atoms with Crippen LogP contribution in [0.3, 0.4) is 0 Å². The Bertz CT molecular complexity index is 347. The summed E-state index contributed by atoms with van der Waals surface area (Å²) in [5.41, 5.74) is 0.879. The molecular formula is C10H12O5. The maximum Gasteiger partial charge on any atom is 0.307 e. The Labute approximate surface area is 86.2 Å². The zero-order chi connectivity index (χ0) is 11.4. The van der Waals surface area contributed by atoms with Crippen molar-refractivity contribution >= 4 is 5.97 Å². The number of benzene rings is 1. The second-order valence-corrected chi connectivity index (χ2v) is 3.15. The van der Waals surface area contributed by atoms with Gasteiger partial charge in [0, 0.05) is 11.1 Å². The first kappa shape index (κ1) is 11.5. The molecule has 4 N–H and O–H groups in total. The Morgan fingerprint density at radius 3 is 1.93 bits per heavy atom. The van der Waals surface area contributed by atoms with Crippen molar-refractivity contribution in [3.05, 3.63) is 28.8 Å². The average molecular weight is 212 g/mol. The van der Waals surface area contributed by atoms with Gasteiger partial charge in [0.1, 0.15) is 5.75 Å². The summed E-state index contributed by atoms with van der Waals surface area (Å²) in [4.78, 5) is 10.5. The van der Waals surface area contributed by atoms with Gasteiger partial charge in [-0.15, -0.1) is 0 Å². The summed E-state index contributed by atoms with van der Waals surface area (Å²) in [5.74, 6) is -1.19. The molecule has 0 heterocycles. The predicted octanol–water partition coefficient (Wildman–Crippen LogP) is 0.00390. The van der Waals surface area contributed by atoms with Crippen molar-refractivity contribution in [3.8, 4) is 5.75 Å².